The molecule has 0 amide bonds. The summed E-state index contributed by atoms with van der Waals surface area (Å²) in [7, 11) is 0. The molecule has 0 saturated carbocycles. The highest BCUT2D eigenvalue weighted by atomic mass is 16.6. The van der Waals surface area contributed by atoms with Crippen LogP contribution in [0.5, 0.6) is 0 Å². The molecule has 4 nitrogen and oxygen atoms in total. The van der Waals surface area contributed by atoms with E-state index in [4.69, 9.17) is 14.2 Å². The van der Waals surface area contributed by atoms with Gasteiger partial charge in [-0.1, -0.05) is 103 Å². The van der Waals surface area contributed by atoms with Gasteiger partial charge in [0.25, 0.3) is 0 Å². The van der Waals surface area contributed by atoms with Crippen LogP contribution in [0.1, 0.15) is 16.7 Å². The van der Waals surface area contributed by atoms with Crippen LogP contribution in [0.25, 0.3) is 0 Å². The fraction of sp³-hybridized carbons (Fsp3) is 0.259. The molecule has 0 radical (unpaired) electrons. The average molecular weight is 419 g/mol. The highest BCUT2D eigenvalue weighted by molar-refractivity contribution is 5.15. The van der Waals surface area contributed by atoms with Gasteiger partial charge >= 0.3 is 0 Å². The summed E-state index contributed by atoms with van der Waals surface area (Å²) in [5.41, 5.74) is 3.28. The summed E-state index contributed by atoms with van der Waals surface area (Å²) in [5, 5.41) is 9.30. The number of aliphatic hydroxyl groups is 1. The van der Waals surface area contributed by atoms with Gasteiger partial charge in [0.05, 0.1) is 33.0 Å². The van der Waals surface area contributed by atoms with E-state index in [9.17, 15) is 5.11 Å². The molecule has 0 heterocycles. The fourth-order valence-corrected chi connectivity index (χ4v) is 3.13. The van der Waals surface area contributed by atoms with E-state index in [1.807, 2.05) is 97.1 Å². The number of benzene rings is 3. The maximum Gasteiger partial charge on any atom is 0.111 e. The van der Waals surface area contributed by atoms with Crippen molar-refractivity contribution in [3.63, 3.8) is 0 Å². The molecule has 0 aromatic heterocycles. The Kier molecular flexibility index (Phi) is 10.00. The summed E-state index contributed by atoms with van der Waals surface area (Å²) in [6, 6.07) is 30.1. The van der Waals surface area contributed by atoms with Gasteiger partial charge in [-0.05, 0) is 16.7 Å². The lowest BCUT2D eigenvalue weighted by Gasteiger charge is -2.26. The first-order chi connectivity index (χ1) is 15.3. The lowest BCUT2D eigenvalue weighted by molar-refractivity contribution is -0.0999. The number of hydrogen-bond donors (Lipinski definition) is 1. The first kappa shape index (κ1) is 22.9. The van der Waals surface area contributed by atoms with Crippen molar-refractivity contribution in [2.24, 2.45) is 0 Å². The average Bonchev–Trinajstić information content (AvgIpc) is 2.83. The van der Waals surface area contributed by atoms with Crippen molar-refractivity contribution in [1.29, 1.82) is 0 Å². The third-order valence-corrected chi connectivity index (χ3v) is 4.78. The molecule has 3 rings (SSSR count). The van der Waals surface area contributed by atoms with Gasteiger partial charge in [-0.25, -0.2) is 0 Å². The zero-order valence-electron chi connectivity index (χ0n) is 17.7. The molecule has 0 bridgehead atoms. The van der Waals surface area contributed by atoms with Crippen LogP contribution in [0.3, 0.4) is 0 Å². The second-order valence-corrected chi connectivity index (χ2v) is 7.21. The van der Waals surface area contributed by atoms with Crippen LogP contribution in [0, 0.1) is 0 Å². The molecule has 0 aliphatic heterocycles. The Bertz CT molecular complexity index is 866. The van der Waals surface area contributed by atoms with Gasteiger partial charge in [-0.2, -0.15) is 0 Å². The summed E-state index contributed by atoms with van der Waals surface area (Å²) < 4.78 is 18.4. The fourth-order valence-electron chi connectivity index (χ4n) is 3.13. The summed E-state index contributed by atoms with van der Waals surface area (Å²) in [4.78, 5) is 0. The molecule has 2 atom stereocenters. The van der Waals surface area contributed by atoms with Gasteiger partial charge in [0.1, 0.15) is 12.2 Å². The molecule has 3 aromatic rings. The van der Waals surface area contributed by atoms with E-state index in [0.29, 0.717) is 26.4 Å². The Morgan fingerprint density at radius 3 is 1.65 bits per heavy atom. The Labute approximate surface area is 184 Å². The van der Waals surface area contributed by atoms with Crippen LogP contribution in [-0.2, 0) is 34.0 Å². The molecule has 0 unspecified atom stereocenters. The number of rotatable bonds is 13. The number of hydrogen-bond acceptors (Lipinski definition) is 4. The monoisotopic (exact) mass is 418 g/mol. The molecule has 1 N–H and O–H groups in total. The highest BCUT2D eigenvalue weighted by Gasteiger charge is 2.22. The van der Waals surface area contributed by atoms with Crippen molar-refractivity contribution in [2.45, 2.75) is 32.0 Å². The van der Waals surface area contributed by atoms with Crippen molar-refractivity contribution >= 4 is 0 Å². The lowest BCUT2D eigenvalue weighted by atomic mass is 10.1. The van der Waals surface area contributed by atoms with Gasteiger partial charge in [0.2, 0.25) is 0 Å². The summed E-state index contributed by atoms with van der Waals surface area (Å²) in [5.74, 6) is 0. The number of ether oxygens (including phenoxy) is 3. The van der Waals surface area contributed by atoms with E-state index in [-0.39, 0.29) is 18.8 Å². The smallest absolute Gasteiger partial charge is 0.111 e. The van der Waals surface area contributed by atoms with Crippen molar-refractivity contribution in [3.8, 4) is 0 Å². The first-order valence-electron chi connectivity index (χ1n) is 10.6. The van der Waals surface area contributed by atoms with E-state index >= 15 is 0 Å². The Balaban J connectivity index is 1.66. The molecule has 0 aliphatic carbocycles. The molecule has 0 aliphatic rings. The van der Waals surface area contributed by atoms with Crippen LogP contribution in [0.4, 0.5) is 0 Å². The minimum Gasteiger partial charge on any atom is -0.392 e. The highest BCUT2D eigenvalue weighted by Crippen LogP contribution is 2.15. The van der Waals surface area contributed by atoms with E-state index in [1.54, 1.807) is 6.08 Å². The van der Waals surface area contributed by atoms with Crippen molar-refractivity contribution < 1.29 is 19.3 Å². The normalized spacial score (nSPS) is 13.3. The predicted octanol–water partition coefficient (Wildman–Crippen LogP) is 4.92. The Morgan fingerprint density at radius 2 is 1.13 bits per heavy atom. The maximum absolute atomic E-state index is 9.30. The maximum atomic E-state index is 9.30. The third kappa shape index (κ3) is 8.48. The first-order valence-corrected chi connectivity index (χ1v) is 10.6. The van der Waals surface area contributed by atoms with Crippen LogP contribution in [0.2, 0.25) is 0 Å². The molecular weight excluding hydrogens is 388 g/mol. The van der Waals surface area contributed by atoms with E-state index in [1.165, 1.54) is 0 Å². The lowest BCUT2D eigenvalue weighted by Crippen LogP contribution is -2.34. The Hall–Kier alpha value is -2.76. The van der Waals surface area contributed by atoms with Gasteiger partial charge in [-0.15, -0.1) is 0 Å². The van der Waals surface area contributed by atoms with E-state index in [2.05, 4.69) is 0 Å². The zero-order chi connectivity index (χ0) is 21.6. The van der Waals surface area contributed by atoms with Gasteiger partial charge in [-0.3, -0.25) is 0 Å². The third-order valence-electron chi connectivity index (χ3n) is 4.78. The summed E-state index contributed by atoms with van der Waals surface area (Å²) in [6.45, 7) is 1.73. The molecule has 0 saturated heterocycles. The van der Waals surface area contributed by atoms with Gasteiger partial charge < -0.3 is 19.3 Å². The van der Waals surface area contributed by atoms with Crippen molar-refractivity contribution in [3.05, 3.63) is 120 Å². The Morgan fingerprint density at radius 1 is 0.645 bits per heavy atom. The summed E-state index contributed by atoms with van der Waals surface area (Å²) >= 11 is 0. The minimum absolute atomic E-state index is 0.0541. The van der Waals surface area contributed by atoms with Crippen LogP contribution in [0.15, 0.2) is 103 Å². The topological polar surface area (TPSA) is 47.9 Å². The molecule has 0 spiro atoms. The van der Waals surface area contributed by atoms with Gasteiger partial charge in [0, 0.05) is 0 Å². The second kappa shape index (κ2) is 13.5. The van der Waals surface area contributed by atoms with Crippen molar-refractivity contribution in [2.75, 3.05) is 13.2 Å². The standard InChI is InChI=1S/C27H30O4/c28-18-10-17-26(30-20-24-13-6-2-7-14-24)27(31-21-25-15-8-3-9-16-25)22-29-19-23-11-4-1-5-12-23/h1-17,26-28H,18-22H2/b17-10+/t26-,27-/m1/s1. The van der Waals surface area contributed by atoms with Gasteiger partial charge in [0.15, 0.2) is 0 Å². The van der Waals surface area contributed by atoms with Crippen LogP contribution < -0.4 is 0 Å². The van der Waals surface area contributed by atoms with Crippen LogP contribution >= 0.6 is 0 Å². The van der Waals surface area contributed by atoms with Crippen molar-refractivity contribution in [1.82, 2.24) is 0 Å². The minimum atomic E-state index is -0.355. The number of aliphatic hydroxyl groups excluding tert-OH is 1. The molecule has 3 aromatic carbocycles. The van der Waals surface area contributed by atoms with E-state index < -0.39 is 0 Å². The second-order valence-electron chi connectivity index (χ2n) is 7.21. The van der Waals surface area contributed by atoms with Crippen LogP contribution in [-0.4, -0.2) is 30.5 Å². The largest absolute Gasteiger partial charge is 0.392 e. The molecule has 31 heavy (non-hydrogen) atoms. The quantitative estimate of drug-likeness (QED) is 0.400. The molecule has 0 fully saturated rings. The molecular formula is C27H30O4. The molecule has 4 heteroatoms. The molecule has 162 valence electrons. The summed E-state index contributed by atoms with van der Waals surface area (Å²) in [6.07, 6.45) is 2.86. The zero-order valence-corrected chi connectivity index (χ0v) is 17.7. The SMILES string of the molecule is OC/C=C/[C@@H](OCc1ccccc1)[C@@H](COCc1ccccc1)OCc1ccccc1. The predicted molar refractivity (Wildman–Crippen MR) is 122 cm³/mol. The van der Waals surface area contributed by atoms with E-state index in [0.717, 1.165) is 16.7 Å².